The summed E-state index contributed by atoms with van der Waals surface area (Å²) in [5.74, 6) is 0.0734. The predicted molar refractivity (Wildman–Crippen MR) is 76.3 cm³/mol. The Bertz CT molecular complexity index is 483. The van der Waals surface area contributed by atoms with Gasteiger partial charge in [-0.3, -0.25) is 4.79 Å². The Morgan fingerprint density at radius 1 is 1.32 bits per heavy atom. The fraction of sp³-hybridized carbons (Fsp3) is 0.533. The molecule has 4 heteroatoms. The van der Waals surface area contributed by atoms with Crippen LogP contribution in [0, 0.1) is 0 Å². The van der Waals surface area contributed by atoms with Gasteiger partial charge in [0.05, 0.1) is 5.92 Å². The number of halogens is 1. The normalized spacial score (nSPS) is 23.1. The lowest BCUT2D eigenvalue weighted by molar-refractivity contribution is -0.123. The SMILES string of the molecule is O=C(NC1CCCC1)C1CNCc2cc(Cl)ccc21. The molecular formula is C15H19ClN2O. The first-order chi connectivity index (χ1) is 9.24. The summed E-state index contributed by atoms with van der Waals surface area (Å²) in [6.45, 7) is 1.51. The highest BCUT2D eigenvalue weighted by atomic mass is 35.5. The van der Waals surface area contributed by atoms with Crippen LogP contribution in [0.2, 0.25) is 5.02 Å². The highest BCUT2D eigenvalue weighted by molar-refractivity contribution is 6.30. The van der Waals surface area contributed by atoms with Crippen LogP contribution in [0.1, 0.15) is 42.7 Å². The summed E-state index contributed by atoms with van der Waals surface area (Å²) in [5.41, 5.74) is 2.27. The zero-order valence-corrected chi connectivity index (χ0v) is 11.7. The number of fused-ring (bicyclic) bond motifs is 1. The van der Waals surface area contributed by atoms with Crippen LogP contribution in [0.5, 0.6) is 0 Å². The molecule has 3 nitrogen and oxygen atoms in total. The number of benzene rings is 1. The third-order valence-electron chi connectivity index (χ3n) is 4.16. The summed E-state index contributed by atoms with van der Waals surface area (Å²) in [7, 11) is 0. The molecule has 19 heavy (non-hydrogen) atoms. The molecule has 1 atom stereocenters. The maximum atomic E-state index is 12.4. The van der Waals surface area contributed by atoms with Gasteiger partial charge in [0, 0.05) is 24.2 Å². The second kappa shape index (κ2) is 5.51. The van der Waals surface area contributed by atoms with Crippen LogP contribution >= 0.6 is 11.6 Å². The van der Waals surface area contributed by atoms with Crippen molar-refractivity contribution in [1.29, 1.82) is 0 Å². The minimum absolute atomic E-state index is 0.0818. The van der Waals surface area contributed by atoms with Gasteiger partial charge in [0.15, 0.2) is 0 Å². The van der Waals surface area contributed by atoms with Crippen molar-refractivity contribution in [1.82, 2.24) is 10.6 Å². The third-order valence-corrected chi connectivity index (χ3v) is 4.40. The molecule has 1 aromatic carbocycles. The zero-order chi connectivity index (χ0) is 13.2. The van der Waals surface area contributed by atoms with Crippen LogP contribution in [0.4, 0.5) is 0 Å². The number of rotatable bonds is 2. The van der Waals surface area contributed by atoms with Gasteiger partial charge in [-0.05, 0) is 36.1 Å². The number of amides is 1. The number of hydrogen-bond donors (Lipinski definition) is 2. The van der Waals surface area contributed by atoms with Crippen molar-refractivity contribution in [3.05, 3.63) is 34.3 Å². The Morgan fingerprint density at radius 3 is 2.89 bits per heavy atom. The quantitative estimate of drug-likeness (QED) is 0.873. The first kappa shape index (κ1) is 12.9. The minimum atomic E-state index is -0.0818. The molecule has 2 aliphatic rings. The van der Waals surface area contributed by atoms with Crippen LogP contribution < -0.4 is 10.6 Å². The molecule has 1 saturated carbocycles. The molecule has 0 bridgehead atoms. The van der Waals surface area contributed by atoms with Crippen molar-refractivity contribution in [3.63, 3.8) is 0 Å². The van der Waals surface area contributed by atoms with E-state index in [2.05, 4.69) is 10.6 Å². The first-order valence-corrected chi connectivity index (χ1v) is 7.41. The van der Waals surface area contributed by atoms with Crippen LogP contribution in [0.15, 0.2) is 18.2 Å². The van der Waals surface area contributed by atoms with Crippen molar-refractivity contribution in [3.8, 4) is 0 Å². The van der Waals surface area contributed by atoms with Crippen LogP contribution in [-0.2, 0) is 11.3 Å². The Morgan fingerprint density at radius 2 is 2.11 bits per heavy atom. The fourth-order valence-corrected chi connectivity index (χ4v) is 3.33. The highest BCUT2D eigenvalue weighted by Gasteiger charge is 2.28. The summed E-state index contributed by atoms with van der Waals surface area (Å²) in [5, 5.41) is 7.23. The second-order valence-corrected chi connectivity index (χ2v) is 5.95. The largest absolute Gasteiger partial charge is 0.353 e. The summed E-state index contributed by atoms with van der Waals surface area (Å²) in [4.78, 5) is 12.4. The Kier molecular flexibility index (Phi) is 3.76. The molecule has 1 aromatic rings. The van der Waals surface area contributed by atoms with Gasteiger partial charge >= 0.3 is 0 Å². The summed E-state index contributed by atoms with van der Waals surface area (Å²) in [6.07, 6.45) is 4.72. The molecule has 0 radical (unpaired) electrons. The van der Waals surface area contributed by atoms with Gasteiger partial charge in [-0.15, -0.1) is 0 Å². The third kappa shape index (κ3) is 2.77. The lowest BCUT2D eigenvalue weighted by atomic mass is 9.90. The standard InChI is InChI=1S/C15H19ClN2O/c16-11-5-6-13-10(7-11)8-17-9-14(13)15(19)18-12-3-1-2-4-12/h5-7,12,14,17H,1-4,8-9H2,(H,18,19). The highest BCUT2D eigenvalue weighted by Crippen LogP contribution is 2.27. The van der Waals surface area contributed by atoms with Crippen LogP contribution in [-0.4, -0.2) is 18.5 Å². The fourth-order valence-electron chi connectivity index (χ4n) is 3.13. The topological polar surface area (TPSA) is 41.1 Å². The average molecular weight is 279 g/mol. The average Bonchev–Trinajstić information content (AvgIpc) is 2.90. The van der Waals surface area contributed by atoms with Gasteiger partial charge in [0.2, 0.25) is 5.91 Å². The molecule has 1 aliphatic heterocycles. The summed E-state index contributed by atoms with van der Waals surface area (Å²) in [6, 6.07) is 6.21. The molecule has 0 spiro atoms. The van der Waals surface area contributed by atoms with Gasteiger partial charge in [-0.25, -0.2) is 0 Å². The van der Waals surface area contributed by atoms with Crippen molar-refractivity contribution >= 4 is 17.5 Å². The van der Waals surface area contributed by atoms with E-state index in [1.54, 1.807) is 0 Å². The maximum absolute atomic E-state index is 12.4. The van der Waals surface area contributed by atoms with Crippen LogP contribution in [0.3, 0.4) is 0 Å². The molecule has 1 unspecified atom stereocenters. The van der Waals surface area contributed by atoms with Gasteiger partial charge in [-0.2, -0.15) is 0 Å². The Hall–Kier alpha value is -1.06. The van der Waals surface area contributed by atoms with E-state index in [1.165, 1.54) is 12.8 Å². The van der Waals surface area contributed by atoms with E-state index in [-0.39, 0.29) is 11.8 Å². The van der Waals surface area contributed by atoms with E-state index in [0.29, 0.717) is 12.6 Å². The van der Waals surface area contributed by atoms with E-state index in [9.17, 15) is 4.79 Å². The van der Waals surface area contributed by atoms with Gasteiger partial charge in [-0.1, -0.05) is 30.5 Å². The molecule has 102 valence electrons. The summed E-state index contributed by atoms with van der Waals surface area (Å²) < 4.78 is 0. The summed E-state index contributed by atoms with van der Waals surface area (Å²) >= 11 is 6.01. The first-order valence-electron chi connectivity index (χ1n) is 7.03. The second-order valence-electron chi connectivity index (χ2n) is 5.52. The maximum Gasteiger partial charge on any atom is 0.229 e. The van der Waals surface area contributed by atoms with Crippen molar-refractivity contribution < 1.29 is 4.79 Å². The van der Waals surface area contributed by atoms with Crippen molar-refractivity contribution in [2.45, 2.75) is 44.2 Å². The van der Waals surface area contributed by atoms with Crippen molar-refractivity contribution in [2.24, 2.45) is 0 Å². The number of carbonyl (C=O) groups is 1. The Labute approximate surface area is 118 Å². The molecule has 1 heterocycles. The molecular weight excluding hydrogens is 260 g/mol. The smallest absolute Gasteiger partial charge is 0.229 e. The molecule has 1 amide bonds. The monoisotopic (exact) mass is 278 g/mol. The molecule has 0 aromatic heterocycles. The van der Waals surface area contributed by atoms with E-state index in [0.717, 1.165) is 35.5 Å². The zero-order valence-electron chi connectivity index (χ0n) is 10.9. The van der Waals surface area contributed by atoms with E-state index in [4.69, 9.17) is 11.6 Å². The lowest BCUT2D eigenvalue weighted by Crippen LogP contribution is -2.42. The van der Waals surface area contributed by atoms with Crippen molar-refractivity contribution in [2.75, 3.05) is 6.54 Å². The molecule has 1 aliphatic carbocycles. The molecule has 1 fully saturated rings. The number of hydrogen-bond acceptors (Lipinski definition) is 2. The van der Waals surface area contributed by atoms with E-state index < -0.39 is 0 Å². The molecule has 0 saturated heterocycles. The van der Waals surface area contributed by atoms with Gasteiger partial charge < -0.3 is 10.6 Å². The van der Waals surface area contributed by atoms with Crippen LogP contribution in [0.25, 0.3) is 0 Å². The minimum Gasteiger partial charge on any atom is -0.353 e. The Balaban J connectivity index is 1.76. The number of nitrogens with one attached hydrogen (secondary N) is 2. The predicted octanol–water partition coefficient (Wildman–Crippen LogP) is 2.59. The lowest BCUT2D eigenvalue weighted by Gasteiger charge is -2.27. The van der Waals surface area contributed by atoms with E-state index >= 15 is 0 Å². The van der Waals surface area contributed by atoms with Gasteiger partial charge in [0.1, 0.15) is 0 Å². The van der Waals surface area contributed by atoms with Gasteiger partial charge in [0.25, 0.3) is 0 Å². The van der Waals surface area contributed by atoms with E-state index in [1.807, 2.05) is 18.2 Å². The molecule has 3 rings (SSSR count). The number of carbonyl (C=O) groups excluding carboxylic acids is 1. The molecule has 2 N–H and O–H groups in total.